The molecule has 3 rings (SSSR count). The van der Waals surface area contributed by atoms with E-state index in [1.54, 1.807) is 18.5 Å². The summed E-state index contributed by atoms with van der Waals surface area (Å²) in [7, 11) is 0. The molecule has 0 saturated carbocycles. The highest BCUT2D eigenvalue weighted by Crippen LogP contribution is 2.22. The van der Waals surface area contributed by atoms with E-state index in [4.69, 9.17) is 12.2 Å². The number of hydrogen-bond acceptors (Lipinski definition) is 4. The molecule has 2 N–H and O–H groups in total. The van der Waals surface area contributed by atoms with E-state index in [2.05, 4.69) is 20.9 Å². The maximum atomic E-state index is 5.95. The van der Waals surface area contributed by atoms with Gasteiger partial charge in [0.15, 0.2) is 5.82 Å². The van der Waals surface area contributed by atoms with E-state index in [0.29, 0.717) is 11.6 Å². The number of nitrogen functional groups attached to an aromatic ring is 1. The number of rotatable bonds is 1. The number of terminal acetylenes is 1. The first-order chi connectivity index (χ1) is 9.28. The highest BCUT2D eigenvalue weighted by molar-refractivity contribution is 5.88. The van der Waals surface area contributed by atoms with Crippen LogP contribution in [0.3, 0.4) is 0 Å². The second-order valence-electron chi connectivity index (χ2n) is 4.05. The molecule has 0 aliphatic heterocycles. The summed E-state index contributed by atoms with van der Waals surface area (Å²) in [6.45, 7) is 0. The number of aromatic nitrogens is 3. The lowest BCUT2D eigenvalue weighted by molar-refractivity contribution is 1.21. The quantitative estimate of drug-likeness (QED) is 0.669. The van der Waals surface area contributed by atoms with Crippen molar-refractivity contribution in [2.75, 3.05) is 5.73 Å². The fourth-order valence-electron chi connectivity index (χ4n) is 1.88. The molecule has 90 valence electrons. The Labute approximate surface area is 110 Å². The highest BCUT2D eigenvalue weighted by Gasteiger charge is 2.07. The maximum Gasteiger partial charge on any atom is 0.162 e. The Balaban J connectivity index is 2.23. The average molecular weight is 246 g/mol. The molecule has 2 heterocycles. The molecule has 0 aliphatic carbocycles. The van der Waals surface area contributed by atoms with E-state index in [-0.39, 0.29) is 0 Å². The SMILES string of the molecule is C#Cc1cccc(-c2nc(N)c3ccncc3n2)c1. The minimum Gasteiger partial charge on any atom is -0.383 e. The van der Waals surface area contributed by atoms with Gasteiger partial charge in [0, 0.05) is 22.7 Å². The summed E-state index contributed by atoms with van der Waals surface area (Å²) in [4.78, 5) is 12.8. The number of nitrogens with two attached hydrogens (primary N) is 1. The third-order valence-electron chi connectivity index (χ3n) is 2.82. The predicted molar refractivity (Wildman–Crippen MR) is 75.1 cm³/mol. The van der Waals surface area contributed by atoms with Gasteiger partial charge in [0.05, 0.1) is 11.7 Å². The normalized spacial score (nSPS) is 10.3. The fraction of sp³-hybridized carbons (Fsp3) is 0. The second kappa shape index (κ2) is 4.39. The van der Waals surface area contributed by atoms with Crippen LogP contribution in [0.25, 0.3) is 22.3 Å². The van der Waals surface area contributed by atoms with Gasteiger partial charge >= 0.3 is 0 Å². The molecule has 19 heavy (non-hydrogen) atoms. The molecule has 1 aromatic carbocycles. The summed E-state index contributed by atoms with van der Waals surface area (Å²) in [5.41, 5.74) is 8.29. The molecule has 3 aromatic rings. The van der Waals surface area contributed by atoms with Crippen molar-refractivity contribution in [2.24, 2.45) is 0 Å². The molecule has 0 fully saturated rings. The third-order valence-corrected chi connectivity index (χ3v) is 2.82. The van der Waals surface area contributed by atoms with E-state index in [0.717, 1.165) is 22.0 Å². The van der Waals surface area contributed by atoms with Gasteiger partial charge in [-0.15, -0.1) is 6.42 Å². The minimum absolute atomic E-state index is 0.438. The van der Waals surface area contributed by atoms with Crippen molar-refractivity contribution in [3.05, 3.63) is 48.3 Å². The van der Waals surface area contributed by atoms with Crippen molar-refractivity contribution in [3.63, 3.8) is 0 Å². The Morgan fingerprint density at radius 3 is 2.89 bits per heavy atom. The summed E-state index contributed by atoms with van der Waals surface area (Å²) >= 11 is 0. The molecule has 0 atom stereocenters. The lowest BCUT2D eigenvalue weighted by atomic mass is 10.1. The molecular weight excluding hydrogens is 236 g/mol. The van der Waals surface area contributed by atoms with Crippen LogP contribution < -0.4 is 5.73 Å². The van der Waals surface area contributed by atoms with Gasteiger partial charge in [-0.2, -0.15) is 0 Å². The molecular formula is C15H10N4. The zero-order valence-electron chi connectivity index (χ0n) is 10.0. The van der Waals surface area contributed by atoms with Crippen LogP contribution in [0.2, 0.25) is 0 Å². The topological polar surface area (TPSA) is 64.7 Å². The number of anilines is 1. The van der Waals surface area contributed by atoms with Gasteiger partial charge in [-0.3, -0.25) is 4.98 Å². The first-order valence-electron chi connectivity index (χ1n) is 5.72. The fourth-order valence-corrected chi connectivity index (χ4v) is 1.88. The van der Waals surface area contributed by atoms with Crippen molar-refractivity contribution in [2.45, 2.75) is 0 Å². The van der Waals surface area contributed by atoms with Crippen molar-refractivity contribution >= 4 is 16.7 Å². The summed E-state index contributed by atoms with van der Waals surface area (Å²) in [6.07, 6.45) is 8.73. The van der Waals surface area contributed by atoms with Crippen molar-refractivity contribution in [1.29, 1.82) is 0 Å². The number of benzene rings is 1. The first-order valence-corrected chi connectivity index (χ1v) is 5.72. The van der Waals surface area contributed by atoms with Crippen LogP contribution in [0.4, 0.5) is 5.82 Å². The smallest absolute Gasteiger partial charge is 0.162 e. The third kappa shape index (κ3) is 1.98. The van der Waals surface area contributed by atoms with E-state index in [1.807, 2.05) is 24.3 Å². The molecule has 4 heteroatoms. The monoisotopic (exact) mass is 246 g/mol. The second-order valence-corrected chi connectivity index (χ2v) is 4.05. The highest BCUT2D eigenvalue weighted by atomic mass is 15.0. The van der Waals surface area contributed by atoms with Gasteiger partial charge in [-0.1, -0.05) is 18.1 Å². The largest absolute Gasteiger partial charge is 0.383 e. The zero-order valence-corrected chi connectivity index (χ0v) is 10.0. The Morgan fingerprint density at radius 2 is 2.05 bits per heavy atom. The van der Waals surface area contributed by atoms with E-state index in [1.165, 1.54) is 0 Å². The van der Waals surface area contributed by atoms with Crippen molar-refractivity contribution in [3.8, 4) is 23.7 Å². The van der Waals surface area contributed by atoms with E-state index in [9.17, 15) is 0 Å². The van der Waals surface area contributed by atoms with Crippen LogP contribution in [0.5, 0.6) is 0 Å². The van der Waals surface area contributed by atoms with Crippen molar-refractivity contribution < 1.29 is 0 Å². The lowest BCUT2D eigenvalue weighted by Gasteiger charge is -2.05. The van der Waals surface area contributed by atoms with E-state index < -0.39 is 0 Å². The number of fused-ring (bicyclic) bond motifs is 1. The Morgan fingerprint density at radius 1 is 1.16 bits per heavy atom. The Kier molecular flexibility index (Phi) is 2.58. The summed E-state index contributed by atoms with van der Waals surface area (Å²) < 4.78 is 0. The molecule has 2 aromatic heterocycles. The summed E-state index contributed by atoms with van der Waals surface area (Å²) in [5.74, 6) is 3.58. The van der Waals surface area contributed by atoms with Crippen LogP contribution in [0, 0.1) is 12.3 Å². The van der Waals surface area contributed by atoms with E-state index >= 15 is 0 Å². The minimum atomic E-state index is 0.438. The number of nitrogens with zero attached hydrogens (tertiary/aromatic N) is 3. The molecule has 0 aliphatic rings. The summed E-state index contributed by atoms with van der Waals surface area (Å²) in [5, 5.41) is 0.798. The first kappa shape index (κ1) is 11.2. The molecule has 0 amide bonds. The van der Waals surface area contributed by atoms with Gasteiger partial charge in [-0.25, -0.2) is 9.97 Å². The molecule has 0 radical (unpaired) electrons. The molecule has 0 unspecified atom stereocenters. The average Bonchev–Trinajstić information content (AvgIpc) is 2.47. The van der Waals surface area contributed by atoms with Crippen LogP contribution in [0.1, 0.15) is 5.56 Å². The van der Waals surface area contributed by atoms with Crippen LogP contribution in [0.15, 0.2) is 42.7 Å². The molecule has 0 bridgehead atoms. The van der Waals surface area contributed by atoms with Crippen LogP contribution in [-0.4, -0.2) is 15.0 Å². The zero-order chi connectivity index (χ0) is 13.2. The number of pyridine rings is 1. The predicted octanol–water partition coefficient (Wildman–Crippen LogP) is 2.26. The standard InChI is InChI=1S/C15H10N4/c1-2-10-4-3-5-11(8-10)15-18-13-9-17-7-6-12(13)14(16)19-15/h1,3-9H,(H2,16,18,19). The van der Waals surface area contributed by atoms with Gasteiger partial charge in [0.2, 0.25) is 0 Å². The van der Waals surface area contributed by atoms with Crippen LogP contribution in [-0.2, 0) is 0 Å². The molecule has 0 spiro atoms. The Hall–Kier alpha value is -2.93. The lowest BCUT2D eigenvalue weighted by Crippen LogP contribution is -1.98. The van der Waals surface area contributed by atoms with Gasteiger partial charge in [0.25, 0.3) is 0 Å². The summed E-state index contributed by atoms with van der Waals surface area (Å²) in [6, 6.07) is 9.29. The number of hydrogen-bond donors (Lipinski definition) is 1. The Bertz CT molecular complexity index is 803. The van der Waals surface area contributed by atoms with Gasteiger partial charge in [-0.05, 0) is 18.2 Å². The van der Waals surface area contributed by atoms with Gasteiger partial charge in [0.1, 0.15) is 5.82 Å². The molecule has 0 saturated heterocycles. The van der Waals surface area contributed by atoms with Crippen molar-refractivity contribution in [1.82, 2.24) is 15.0 Å². The maximum absolute atomic E-state index is 5.95. The van der Waals surface area contributed by atoms with Crippen LogP contribution >= 0.6 is 0 Å². The van der Waals surface area contributed by atoms with Gasteiger partial charge < -0.3 is 5.73 Å². The molecule has 4 nitrogen and oxygen atoms in total.